The number of aromatic nitrogens is 4. The molecule has 3 rings (SSSR count). The second-order valence-corrected chi connectivity index (χ2v) is 4.06. The Bertz CT molecular complexity index is 692. The number of nitrogens with two attached hydrogens (primary N) is 1. The fourth-order valence-electron chi connectivity index (χ4n) is 2.05. The van der Waals surface area contributed by atoms with Gasteiger partial charge in [0.15, 0.2) is 5.82 Å². The number of anilines is 1. The molecule has 0 radical (unpaired) electrons. The highest BCUT2D eigenvalue weighted by Gasteiger charge is 2.14. The van der Waals surface area contributed by atoms with Crippen LogP contribution in [0.1, 0.15) is 5.69 Å². The molecule has 0 amide bonds. The predicted molar refractivity (Wildman–Crippen MR) is 67.0 cm³/mol. The van der Waals surface area contributed by atoms with E-state index in [9.17, 15) is 0 Å². The average molecular weight is 227 g/mol. The lowest BCUT2D eigenvalue weighted by atomic mass is 10.2. The van der Waals surface area contributed by atoms with Crippen LogP contribution in [0, 0.1) is 6.92 Å². The van der Waals surface area contributed by atoms with E-state index in [0.717, 1.165) is 22.4 Å². The number of benzene rings is 1. The van der Waals surface area contributed by atoms with Crippen molar-refractivity contribution in [2.24, 2.45) is 7.05 Å². The van der Waals surface area contributed by atoms with Crippen molar-refractivity contribution in [3.05, 3.63) is 36.2 Å². The molecule has 3 aromatic rings. The lowest BCUT2D eigenvalue weighted by molar-refractivity contribution is 0.703. The van der Waals surface area contributed by atoms with Crippen molar-refractivity contribution < 1.29 is 0 Å². The summed E-state index contributed by atoms with van der Waals surface area (Å²) < 4.78 is 3.58. The Hall–Kier alpha value is -2.30. The van der Waals surface area contributed by atoms with Crippen molar-refractivity contribution in [2.45, 2.75) is 6.92 Å². The number of fused-ring (bicyclic) bond motifs is 1. The second-order valence-electron chi connectivity index (χ2n) is 4.06. The number of para-hydroxylation sites is 1. The normalized spacial score (nSPS) is 11.2. The number of nitrogen functional groups attached to an aromatic ring is 1. The molecule has 0 aliphatic heterocycles. The maximum Gasteiger partial charge on any atom is 0.175 e. The summed E-state index contributed by atoms with van der Waals surface area (Å²) in [7, 11) is 1.87. The van der Waals surface area contributed by atoms with Crippen molar-refractivity contribution >= 4 is 16.6 Å². The number of hydrogen-bond donors (Lipinski definition) is 1. The van der Waals surface area contributed by atoms with Crippen LogP contribution in [-0.4, -0.2) is 19.6 Å². The summed E-state index contributed by atoms with van der Waals surface area (Å²) in [5.74, 6) is 0.809. The number of hydrogen-bond acceptors (Lipinski definition) is 3. The highest BCUT2D eigenvalue weighted by molar-refractivity contribution is 5.81. The van der Waals surface area contributed by atoms with E-state index in [-0.39, 0.29) is 0 Å². The summed E-state index contributed by atoms with van der Waals surface area (Å²) in [5, 5.41) is 9.77. The quantitative estimate of drug-likeness (QED) is 0.687. The molecular weight excluding hydrogens is 214 g/mol. The standard InChI is InChI=1S/C12H13N5/c1-8-11(13)12(16(2)15-8)17-10-6-4-3-5-9(10)7-14-17/h3-7H,13H2,1-2H3. The van der Waals surface area contributed by atoms with E-state index in [1.165, 1.54) is 0 Å². The first-order chi connectivity index (χ1) is 8.18. The van der Waals surface area contributed by atoms with Gasteiger partial charge in [0, 0.05) is 12.4 Å². The van der Waals surface area contributed by atoms with Crippen LogP contribution in [0.2, 0.25) is 0 Å². The first-order valence-electron chi connectivity index (χ1n) is 5.40. The molecule has 86 valence electrons. The second kappa shape index (κ2) is 3.35. The Labute approximate surface area is 98.5 Å². The van der Waals surface area contributed by atoms with E-state index in [4.69, 9.17) is 5.73 Å². The molecule has 2 aromatic heterocycles. The van der Waals surface area contributed by atoms with Gasteiger partial charge in [-0.25, -0.2) is 9.36 Å². The molecule has 0 saturated heterocycles. The first kappa shape index (κ1) is 9.89. The van der Waals surface area contributed by atoms with Crippen molar-refractivity contribution in [1.29, 1.82) is 0 Å². The summed E-state index contributed by atoms with van der Waals surface area (Å²) >= 11 is 0. The predicted octanol–water partition coefficient (Wildman–Crippen LogP) is 1.65. The average Bonchev–Trinajstić information content (AvgIpc) is 2.82. The van der Waals surface area contributed by atoms with Crippen molar-refractivity contribution in [1.82, 2.24) is 19.6 Å². The largest absolute Gasteiger partial charge is 0.394 e. The van der Waals surface area contributed by atoms with Gasteiger partial charge in [0.05, 0.1) is 23.1 Å². The molecule has 1 aromatic carbocycles. The third kappa shape index (κ3) is 1.32. The number of rotatable bonds is 1. The Morgan fingerprint density at radius 3 is 2.71 bits per heavy atom. The Morgan fingerprint density at radius 1 is 1.24 bits per heavy atom. The molecular formula is C12H13N5. The van der Waals surface area contributed by atoms with Crippen LogP contribution in [0.4, 0.5) is 5.69 Å². The van der Waals surface area contributed by atoms with Gasteiger partial charge in [0.1, 0.15) is 0 Å². The molecule has 0 spiro atoms. The van der Waals surface area contributed by atoms with Gasteiger partial charge in [-0.2, -0.15) is 10.2 Å². The molecule has 2 N–H and O–H groups in total. The van der Waals surface area contributed by atoms with Crippen LogP contribution in [-0.2, 0) is 7.05 Å². The van der Waals surface area contributed by atoms with Gasteiger partial charge in [0.25, 0.3) is 0 Å². The molecule has 0 fully saturated rings. The summed E-state index contributed by atoms with van der Waals surface area (Å²) in [5.41, 5.74) is 8.56. The van der Waals surface area contributed by atoms with Gasteiger partial charge in [0.2, 0.25) is 0 Å². The smallest absolute Gasteiger partial charge is 0.175 e. The SMILES string of the molecule is Cc1nn(C)c(-n2ncc3ccccc32)c1N. The van der Waals surface area contributed by atoms with Gasteiger partial charge in [-0.3, -0.25) is 0 Å². The third-order valence-electron chi connectivity index (χ3n) is 2.92. The maximum atomic E-state index is 6.04. The monoisotopic (exact) mass is 227 g/mol. The van der Waals surface area contributed by atoms with Gasteiger partial charge in [-0.15, -0.1) is 0 Å². The van der Waals surface area contributed by atoms with Crippen LogP contribution in [0.3, 0.4) is 0 Å². The van der Waals surface area contributed by atoms with E-state index in [1.807, 2.05) is 49.1 Å². The zero-order valence-corrected chi connectivity index (χ0v) is 9.75. The Morgan fingerprint density at radius 2 is 2.00 bits per heavy atom. The highest BCUT2D eigenvalue weighted by Crippen LogP contribution is 2.23. The van der Waals surface area contributed by atoms with Crippen molar-refractivity contribution in [3.8, 4) is 5.82 Å². The van der Waals surface area contributed by atoms with Gasteiger partial charge in [-0.05, 0) is 13.0 Å². The van der Waals surface area contributed by atoms with Crippen molar-refractivity contribution in [3.63, 3.8) is 0 Å². The highest BCUT2D eigenvalue weighted by atomic mass is 15.4. The molecule has 0 atom stereocenters. The zero-order valence-electron chi connectivity index (χ0n) is 9.75. The minimum atomic E-state index is 0.668. The van der Waals surface area contributed by atoms with E-state index in [2.05, 4.69) is 10.2 Å². The van der Waals surface area contributed by atoms with Gasteiger partial charge >= 0.3 is 0 Å². The molecule has 0 bridgehead atoms. The summed E-state index contributed by atoms with van der Waals surface area (Å²) in [4.78, 5) is 0. The maximum absolute atomic E-state index is 6.04. The topological polar surface area (TPSA) is 61.7 Å². The van der Waals surface area contributed by atoms with E-state index in [1.54, 1.807) is 4.68 Å². The zero-order chi connectivity index (χ0) is 12.0. The minimum Gasteiger partial charge on any atom is -0.394 e. The lowest BCUT2D eigenvalue weighted by Crippen LogP contribution is -2.06. The fraction of sp³-hybridized carbons (Fsp3) is 0.167. The van der Waals surface area contributed by atoms with E-state index >= 15 is 0 Å². The Balaban J connectivity index is 2.35. The van der Waals surface area contributed by atoms with Crippen LogP contribution in [0.15, 0.2) is 30.5 Å². The van der Waals surface area contributed by atoms with Crippen LogP contribution < -0.4 is 5.73 Å². The summed E-state index contributed by atoms with van der Waals surface area (Å²) in [6.45, 7) is 1.89. The summed E-state index contributed by atoms with van der Waals surface area (Å²) in [6.07, 6.45) is 1.83. The number of nitrogens with zero attached hydrogens (tertiary/aromatic N) is 4. The lowest BCUT2D eigenvalue weighted by Gasteiger charge is -2.04. The van der Waals surface area contributed by atoms with Gasteiger partial charge < -0.3 is 5.73 Å². The molecule has 0 aliphatic carbocycles. The van der Waals surface area contributed by atoms with E-state index < -0.39 is 0 Å². The van der Waals surface area contributed by atoms with Crippen LogP contribution >= 0.6 is 0 Å². The summed E-state index contributed by atoms with van der Waals surface area (Å²) in [6, 6.07) is 8.02. The molecule has 17 heavy (non-hydrogen) atoms. The van der Waals surface area contributed by atoms with Gasteiger partial charge in [-0.1, -0.05) is 18.2 Å². The molecule has 5 nitrogen and oxygen atoms in total. The third-order valence-corrected chi connectivity index (χ3v) is 2.92. The molecule has 0 saturated carbocycles. The Kier molecular flexibility index (Phi) is 1.95. The molecule has 5 heteroatoms. The molecule has 0 unspecified atom stereocenters. The molecule has 0 aliphatic rings. The van der Waals surface area contributed by atoms with E-state index in [0.29, 0.717) is 5.69 Å². The van der Waals surface area contributed by atoms with Crippen LogP contribution in [0.25, 0.3) is 16.7 Å². The number of aryl methyl sites for hydroxylation is 2. The minimum absolute atomic E-state index is 0.668. The van der Waals surface area contributed by atoms with Crippen LogP contribution in [0.5, 0.6) is 0 Å². The van der Waals surface area contributed by atoms with Crippen molar-refractivity contribution in [2.75, 3.05) is 5.73 Å². The first-order valence-corrected chi connectivity index (χ1v) is 5.40. The molecule has 2 heterocycles. The fourth-order valence-corrected chi connectivity index (χ4v) is 2.05.